The van der Waals surface area contributed by atoms with Gasteiger partial charge in [0.2, 0.25) is 11.0 Å². The number of hydrogen-bond donors (Lipinski definition) is 1. The van der Waals surface area contributed by atoms with E-state index in [4.69, 9.17) is 0 Å². The molecular weight excluding hydrogens is 308 g/mol. The van der Waals surface area contributed by atoms with Gasteiger partial charge >= 0.3 is 0 Å². The number of nitrogens with one attached hydrogen (secondary N) is 2. The molecule has 0 unspecified atom stereocenters. The molecular formula is C18H15N2O4-. The molecule has 0 aliphatic rings. The number of carboxylic acid groups (broad SMARTS) is 2. The predicted octanol–water partition coefficient (Wildman–Crippen LogP) is -0.132. The van der Waals surface area contributed by atoms with Crippen molar-refractivity contribution in [2.75, 3.05) is 5.32 Å². The van der Waals surface area contributed by atoms with Crippen LogP contribution in [0.15, 0.2) is 48.5 Å². The lowest BCUT2D eigenvalue weighted by Crippen LogP contribution is -2.42. The van der Waals surface area contributed by atoms with Crippen LogP contribution in [0.3, 0.4) is 0 Å². The van der Waals surface area contributed by atoms with Crippen LogP contribution in [-0.4, -0.2) is 18.0 Å². The second-order valence-corrected chi connectivity index (χ2v) is 5.52. The average molecular weight is 323 g/mol. The van der Waals surface area contributed by atoms with E-state index < -0.39 is 18.0 Å². The fourth-order valence-corrected chi connectivity index (χ4v) is 2.75. The highest BCUT2D eigenvalue weighted by Gasteiger charge is 2.17. The van der Waals surface area contributed by atoms with Crippen molar-refractivity contribution in [2.45, 2.75) is 18.9 Å². The first kappa shape index (κ1) is 15.7. The van der Waals surface area contributed by atoms with Crippen molar-refractivity contribution in [3.63, 3.8) is 0 Å². The lowest BCUT2D eigenvalue weighted by atomic mass is 10.1. The van der Waals surface area contributed by atoms with Gasteiger partial charge in [0.15, 0.2) is 0 Å². The second-order valence-electron chi connectivity index (χ2n) is 5.52. The third-order valence-corrected chi connectivity index (χ3v) is 3.90. The number of aromatic nitrogens is 1. The van der Waals surface area contributed by atoms with Crippen LogP contribution in [0, 0.1) is 0 Å². The van der Waals surface area contributed by atoms with Gasteiger partial charge in [-0.1, -0.05) is 24.3 Å². The Morgan fingerprint density at radius 1 is 0.958 bits per heavy atom. The SMILES string of the molecule is O=C([O-])CC[C@@H](Nc1c2ccccc2[nH+]c2ccccc12)C(=O)[O-]. The van der Waals surface area contributed by atoms with Crippen molar-refractivity contribution in [3.8, 4) is 0 Å². The van der Waals surface area contributed by atoms with Gasteiger partial charge in [-0.3, -0.25) is 0 Å². The number of H-pyrrole nitrogens is 1. The molecule has 0 aliphatic heterocycles. The molecule has 1 atom stereocenters. The van der Waals surface area contributed by atoms with Crippen LogP contribution in [0.5, 0.6) is 0 Å². The number of hydrogen-bond acceptors (Lipinski definition) is 5. The van der Waals surface area contributed by atoms with Crippen LogP contribution in [-0.2, 0) is 9.59 Å². The number of aromatic amines is 1. The van der Waals surface area contributed by atoms with E-state index in [0.29, 0.717) is 5.69 Å². The molecule has 0 fully saturated rings. The summed E-state index contributed by atoms with van der Waals surface area (Å²) in [6.45, 7) is 0. The topological polar surface area (TPSA) is 106 Å². The molecule has 122 valence electrons. The van der Waals surface area contributed by atoms with Gasteiger partial charge in [-0.05, 0) is 25.0 Å². The number of carbonyl (C=O) groups excluding carboxylic acids is 2. The molecule has 0 amide bonds. The zero-order valence-corrected chi connectivity index (χ0v) is 12.7. The number of anilines is 1. The highest BCUT2D eigenvalue weighted by atomic mass is 16.4. The Morgan fingerprint density at radius 2 is 1.50 bits per heavy atom. The molecule has 0 bridgehead atoms. The van der Waals surface area contributed by atoms with E-state index >= 15 is 0 Å². The molecule has 1 aromatic heterocycles. The molecule has 0 saturated heterocycles. The van der Waals surface area contributed by atoms with E-state index in [1.807, 2.05) is 48.5 Å². The Balaban J connectivity index is 2.11. The first-order valence-corrected chi connectivity index (χ1v) is 7.56. The molecule has 1 heterocycles. The normalized spacial score (nSPS) is 12.2. The first-order chi connectivity index (χ1) is 11.6. The number of fused-ring (bicyclic) bond motifs is 2. The van der Waals surface area contributed by atoms with Crippen molar-refractivity contribution in [2.24, 2.45) is 0 Å². The largest absolute Gasteiger partial charge is 0.550 e. The molecule has 24 heavy (non-hydrogen) atoms. The van der Waals surface area contributed by atoms with E-state index in [1.165, 1.54) is 0 Å². The highest BCUT2D eigenvalue weighted by molar-refractivity contribution is 6.05. The Kier molecular flexibility index (Phi) is 4.29. The van der Waals surface area contributed by atoms with Crippen LogP contribution in [0.25, 0.3) is 21.8 Å². The minimum atomic E-state index is -1.35. The number of carbonyl (C=O) groups is 2. The van der Waals surface area contributed by atoms with Crippen molar-refractivity contribution in [3.05, 3.63) is 48.5 Å². The molecule has 0 spiro atoms. The summed E-state index contributed by atoms with van der Waals surface area (Å²) in [5.74, 6) is -2.64. The fourth-order valence-electron chi connectivity index (χ4n) is 2.75. The van der Waals surface area contributed by atoms with E-state index in [9.17, 15) is 19.8 Å². The molecule has 6 nitrogen and oxygen atoms in total. The molecule has 6 heteroatoms. The third kappa shape index (κ3) is 3.12. The Labute approximate surface area is 137 Å². The molecule has 3 rings (SSSR count). The summed E-state index contributed by atoms with van der Waals surface area (Å²) in [7, 11) is 0. The van der Waals surface area contributed by atoms with Crippen LogP contribution in [0.2, 0.25) is 0 Å². The van der Waals surface area contributed by atoms with Gasteiger partial charge in [0.05, 0.1) is 28.5 Å². The summed E-state index contributed by atoms with van der Waals surface area (Å²) in [5.41, 5.74) is 2.32. The monoisotopic (exact) mass is 323 g/mol. The average Bonchev–Trinajstić information content (AvgIpc) is 2.57. The molecule has 0 aliphatic carbocycles. The summed E-state index contributed by atoms with van der Waals surface area (Å²) < 4.78 is 0. The van der Waals surface area contributed by atoms with Gasteiger partial charge in [0.25, 0.3) is 0 Å². The van der Waals surface area contributed by atoms with E-state index in [2.05, 4.69) is 10.3 Å². The number of rotatable bonds is 6. The summed E-state index contributed by atoms with van der Waals surface area (Å²) in [6, 6.07) is 13.9. The van der Waals surface area contributed by atoms with Crippen LogP contribution >= 0.6 is 0 Å². The quantitative estimate of drug-likeness (QED) is 0.636. The van der Waals surface area contributed by atoms with E-state index in [1.54, 1.807) is 0 Å². The number of benzene rings is 2. The smallest absolute Gasteiger partial charge is 0.213 e. The molecule has 2 aromatic carbocycles. The van der Waals surface area contributed by atoms with Gasteiger partial charge < -0.3 is 25.1 Å². The Hall–Kier alpha value is -3.15. The lowest BCUT2D eigenvalue weighted by molar-refractivity contribution is -0.311. The molecule has 2 N–H and O–H groups in total. The summed E-state index contributed by atoms with van der Waals surface area (Å²) in [6.07, 6.45) is -0.480. The zero-order chi connectivity index (χ0) is 17.1. The summed E-state index contributed by atoms with van der Waals surface area (Å²) in [4.78, 5) is 25.3. The van der Waals surface area contributed by atoms with E-state index in [-0.39, 0.29) is 12.8 Å². The molecule has 3 aromatic rings. The van der Waals surface area contributed by atoms with Crippen molar-refractivity contribution >= 4 is 39.4 Å². The first-order valence-electron chi connectivity index (χ1n) is 7.56. The number of aliphatic carboxylic acids is 2. The summed E-state index contributed by atoms with van der Waals surface area (Å²) in [5, 5.41) is 26.6. The van der Waals surface area contributed by atoms with Gasteiger partial charge in [0, 0.05) is 18.1 Å². The maximum absolute atomic E-state index is 11.4. The molecule has 0 saturated carbocycles. The van der Waals surface area contributed by atoms with Crippen LogP contribution < -0.4 is 20.5 Å². The second kappa shape index (κ2) is 6.54. The van der Waals surface area contributed by atoms with Crippen molar-refractivity contribution in [1.29, 1.82) is 0 Å². The third-order valence-electron chi connectivity index (χ3n) is 3.90. The van der Waals surface area contributed by atoms with E-state index in [0.717, 1.165) is 21.8 Å². The summed E-state index contributed by atoms with van der Waals surface area (Å²) >= 11 is 0. The minimum Gasteiger partial charge on any atom is -0.550 e. The highest BCUT2D eigenvalue weighted by Crippen LogP contribution is 2.29. The lowest BCUT2D eigenvalue weighted by Gasteiger charge is -2.22. The van der Waals surface area contributed by atoms with Crippen LogP contribution in [0.4, 0.5) is 5.69 Å². The van der Waals surface area contributed by atoms with Gasteiger partial charge in [-0.15, -0.1) is 0 Å². The maximum atomic E-state index is 11.4. The van der Waals surface area contributed by atoms with Gasteiger partial charge in [-0.25, -0.2) is 4.98 Å². The predicted molar refractivity (Wildman–Crippen MR) is 84.7 cm³/mol. The van der Waals surface area contributed by atoms with Gasteiger partial charge in [0.1, 0.15) is 0 Å². The van der Waals surface area contributed by atoms with Crippen molar-refractivity contribution in [1.82, 2.24) is 0 Å². The Morgan fingerprint density at radius 3 is 2.00 bits per heavy atom. The number of pyridine rings is 1. The van der Waals surface area contributed by atoms with Crippen molar-refractivity contribution < 1.29 is 24.8 Å². The maximum Gasteiger partial charge on any atom is 0.213 e. The van der Waals surface area contributed by atoms with Gasteiger partial charge in [-0.2, -0.15) is 0 Å². The zero-order valence-electron chi connectivity index (χ0n) is 12.7. The Bertz CT molecular complexity index is 869. The number of para-hydroxylation sites is 2. The molecule has 0 radical (unpaired) electrons. The minimum absolute atomic E-state index is 0.119. The number of carboxylic acids is 2. The standard InChI is InChI=1S/C18H16N2O4/c21-16(22)10-9-15(18(23)24)20-17-11-5-1-3-7-13(11)19-14-8-4-2-6-12(14)17/h1-8,15H,9-10H2,(H,19,20)(H,21,22)(H,23,24)/p-1/t15-/m1/s1. The van der Waals surface area contributed by atoms with Crippen LogP contribution in [0.1, 0.15) is 12.8 Å². The fraction of sp³-hybridized carbons (Fsp3) is 0.167.